The topological polar surface area (TPSA) is 18.5 Å². The van der Waals surface area contributed by atoms with Crippen LogP contribution in [0.1, 0.15) is 30.3 Å². The Hall–Kier alpha value is -1.32. The minimum atomic E-state index is 0.000283. The second-order valence-corrected chi connectivity index (χ2v) is 5.26. The summed E-state index contributed by atoms with van der Waals surface area (Å²) in [7, 11) is 1.68. The molecule has 0 fully saturated rings. The summed E-state index contributed by atoms with van der Waals surface area (Å²) < 4.78 is 11.4. The molecule has 2 atom stereocenters. The number of alkyl halides is 1. The Balaban J connectivity index is 2.12. The van der Waals surface area contributed by atoms with Crippen LogP contribution in [0.25, 0.3) is 0 Å². The first-order valence-electron chi connectivity index (χ1n) is 6.65. The molecular weight excluding hydrogens is 316 g/mol. The van der Waals surface area contributed by atoms with Crippen molar-refractivity contribution in [2.24, 2.45) is 0 Å². The molecule has 0 N–H and O–H groups in total. The third-order valence-corrected chi connectivity index (χ3v) is 3.83. The lowest BCUT2D eigenvalue weighted by molar-refractivity contribution is 0.00923. The van der Waals surface area contributed by atoms with Crippen LogP contribution in [0.3, 0.4) is 0 Å². The molecule has 106 valence electrons. The maximum Gasteiger partial charge on any atom is 0.119 e. The standard InChI is InChI=1S/C17H19BrO2/c1-13(14-7-4-3-5-8-14)20-17(12-18)15-9-6-10-16(11-15)19-2/h3-11,13,17H,12H2,1-2H3. The predicted molar refractivity (Wildman–Crippen MR) is 85.5 cm³/mol. The Kier molecular flexibility index (Phi) is 5.62. The van der Waals surface area contributed by atoms with Gasteiger partial charge in [0.05, 0.1) is 19.3 Å². The van der Waals surface area contributed by atoms with Crippen molar-refractivity contribution < 1.29 is 9.47 Å². The fourth-order valence-electron chi connectivity index (χ4n) is 2.09. The molecule has 20 heavy (non-hydrogen) atoms. The minimum absolute atomic E-state index is 0.000283. The first-order chi connectivity index (χ1) is 9.74. The van der Waals surface area contributed by atoms with Crippen LogP contribution in [-0.2, 0) is 4.74 Å². The molecule has 0 aliphatic carbocycles. The van der Waals surface area contributed by atoms with Crippen molar-refractivity contribution in [2.75, 3.05) is 12.4 Å². The number of halogens is 1. The summed E-state index contributed by atoms with van der Waals surface area (Å²) in [4.78, 5) is 0. The van der Waals surface area contributed by atoms with E-state index in [4.69, 9.17) is 9.47 Å². The summed E-state index contributed by atoms with van der Waals surface area (Å²) in [6.45, 7) is 2.07. The van der Waals surface area contributed by atoms with Crippen LogP contribution in [0.5, 0.6) is 5.75 Å². The first-order valence-corrected chi connectivity index (χ1v) is 7.77. The van der Waals surface area contributed by atoms with Gasteiger partial charge in [-0.3, -0.25) is 0 Å². The summed E-state index contributed by atoms with van der Waals surface area (Å²) in [6.07, 6.45) is 0.0465. The average molecular weight is 335 g/mol. The van der Waals surface area contributed by atoms with Gasteiger partial charge in [0.2, 0.25) is 0 Å². The van der Waals surface area contributed by atoms with Gasteiger partial charge >= 0.3 is 0 Å². The number of rotatable bonds is 6. The molecule has 2 aromatic rings. The van der Waals surface area contributed by atoms with Crippen LogP contribution < -0.4 is 4.74 Å². The average Bonchev–Trinajstić information content (AvgIpc) is 2.53. The zero-order valence-corrected chi connectivity index (χ0v) is 13.3. The van der Waals surface area contributed by atoms with Crippen molar-refractivity contribution in [2.45, 2.75) is 19.1 Å². The van der Waals surface area contributed by atoms with E-state index in [9.17, 15) is 0 Å². The van der Waals surface area contributed by atoms with Gasteiger partial charge in [-0.1, -0.05) is 58.4 Å². The number of benzene rings is 2. The van der Waals surface area contributed by atoms with E-state index in [0.717, 1.165) is 16.6 Å². The Labute approximate surface area is 128 Å². The van der Waals surface area contributed by atoms with Gasteiger partial charge in [0.25, 0.3) is 0 Å². The van der Waals surface area contributed by atoms with E-state index in [1.165, 1.54) is 5.56 Å². The van der Waals surface area contributed by atoms with Gasteiger partial charge in [0.15, 0.2) is 0 Å². The normalized spacial score (nSPS) is 13.8. The number of hydrogen-bond donors (Lipinski definition) is 0. The molecule has 0 bridgehead atoms. The molecule has 0 aromatic heterocycles. The molecule has 0 saturated heterocycles. The zero-order valence-electron chi connectivity index (χ0n) is 11.8. The van der Waals surface area contributed by atoms with Gasteiger partial charge in [-0.15, -0.1) is 0 Å². The van der Waals surface area contributed by atoms with Crippen molar-refractivity contribution in [1.82, 2.24) is 0 Å². The van der Waals surface area contributed by atoms with Crippen molar-refractivity contribution in [1.29, 1.82) is 0 Å². The molecule has 2 unspecified atom stereocenters. The summed E-state index contributed by atoms with van der Waals surface area (Å²) in [5, 5.41) is 0.747. The highest BCUT2D eigenvalue weighted by Gasteiger charge is 2.16. The zero-order chi connectivity index (χ0) is 14.4. The molecular formula is C17H19BrO2. The molecule has 2 rings (SSSR count). The smallest absolute Gasteiger partial charge is 0.119 e. The third-order valence-electron chi connectivity index (χ3n) is 3.24. The van der Waals surface area contributed by atoms with E-state index < -0.39 is 0 Å². The predicted octanol–water partition coefficient (Wildman–Crippen LogP) is 4.91. The van der Waals surface area contributed by atoms with E-state index in [1.807, 2.05) is 36.4 Å². The van der Waals surface area contributed by atoms with Crippen molar-refractivity contribution in [3.05, 3.63) is 65.7 Å². The molecule has 0 heterocycles. The van der Waals surface area contributed by atoms with Crippen LogP contribution in [0.4, 0.5) is 0 Å². The van der Waals surface area contributed by atoms with Gasteiger partial charge < -0.3 is 9.47 Å². The van der Waals surface area contributed by atoms with E-state index >= 15 is 0 Å². The van der Waals surface area contributed by atoms with Crippen molar-refractivity contribution in [3.63, 3.8) is 0 Å². The molecule has 0 spiro atoms. The SMILES string of the molecule is COc1cccc(C(CBr)OC(C)c2ccccc2)c1. The van der Waals surface area contributed by atoms with Gasteiger partial charge in [-0.2, -0.15) is 0 Å². The van der Waals surface area contributed by atoms with Crippen LogP contribution in [0, 0.1) is 0 Å². The number of methoxy groups -OCH3 is 1. The fraction of sp³-hybridized carbons (Fsp3) is 0.294. The van der Waals surface area contributed by atoms with E-state index in [-0.39, 0.29) is 12.2 Å². The van der Waals surface area contributed by atoms with E-state index in [2.05, 4.69) is 41.1 Å². The Bertz CT molecular complexity index is 528. The molecule has 0 radical (unpaired) electrons. The second-order valence-electron chi connectivity index (χ2n) is 4.61. The lowest BCUT2D eigenvalue weighted by Crippen LogP contribution is -2.09. The molecule has 0 aliphatic heterocycles. The van der Waals surface area contributed by atoms with Crippen molar-refractivity contribution in [3.8, 4) is 5.75 Å². The van der Waals surface area contributed by atoms with E-state index in [1.54, 1.807) is 7.11 Å². The quantitative estimate of drug-likeness (QED) is 0.699. The monoisotopic (exact) mass is 334 g/mol. The summed E-state index contributed by atoms with van der Waals surface area (Å²) in [5.41, 5.74) is 2.30. The van der Waals surface area contributed by atoms with Gasteiger partial charge in [-0.05, 0) is 30.2 Å². The first kappa shape index (κ1) is 15.1. The highest BCUT2D eigenvalue weighted by Crippen LogP contribution is 2.29. The van der Waals surface area contributed by atoms with Crippen LogP contribution in [-0.4, -0.2) is 12.4 Å². The molecule has 2 aromatic carbocycles. The largest absolute Gasteiger partial charge is 0.497 e. The molecule has 0 saturated carbocycles. The second kappa shape index (κ2) is 7.46. The van der Waals surface area contributed by atoms with Crippen molar-refractivity contribution >= 4 is 15.9 Å². The van der Waals surface area contributed by atoms with Crippen LogP contribution in [0.2, 0.25) is 0 Å². The molecule has 0 amide bonds. The summed E-state index contributed by atoms with van der Waals surface area (Å²) >= 11 is 3.53. The molecule has 2 nitrogen and oxygen atoms in total. The number of hydrogen-bond acceptors (Lipinski definition) is 2. The summed E-state index contributed by atoms with van der Waals surface area (Å²) in [6, 6.07) is 18.3. The van der Waals surface area contributed by atoms with Gasteiger partial charge in [0, 0.05) is 5.33 Å². The maximum absolute atomic E-state index is 6.17. The van der Waals surface area contributed by atoms with Crippen LogP contribution in [0.15, 0.2) is 54.6 Å². The summed E-state index contributed by atoms with van der Waals surface area (Å²) in [5.74, 6) is 0.851. The molecule has 0 aliphatic rings. The van der Waals surface area contributed by atoms with Gasteiger partial charge in [-0.25, -0.2) is 0 Å². The van der Waals surface area contributed by atoms with Crippen LogP contribution >= 0.6 is 15.9 Å². The highest BCUT2D eigenvalue weighted by atomic mass is 79.9. The molecule has 3 heteroatoms. The van der Waals surface area contributed by atoms with E-state index in [0.29, 0.717) is 0 Å². The number of ether oxygens (including phenoxy) is 2. The third kappa shape index (κ3) is 3.84. The Morgan fingerprint density at radius 1 is 1.00 bits per heavy atom. The Morgan fingerprint density at radius 3 is 2.35 bits per heavy atom. The Morgan fingerprint density at radius 2 is 1.70 bits per heavy atom. The minimum Gasteiger partial charge on any atom is -0.497 e. The van der Waals surface area contributed by atoms with Gasteiger partial charge in [0.1, 0.15) is 5.75 Å². The lowest BCUT2D eigenvalue weighted by Gasteiger charge is -2.22. The fourth-order valence-corrected chi connectivity index (χ4v) is 2.62. The maximum atomic E-state index is 6.17. The lowest BCUT2D eigenvalue weighted by atomic mass is 10.1. The highest BCUT2D eigenvalue weighted by molar-refractivity contribution is 9.09.